The Labute approximate surface area is 120 Å². The Balaban J connectivity index is 2.33. The Morgan fingerprint density at radius 3 is 2.76 bits per heavy atom. The van der Waals surface area contributed by atoms with Gasteiger partial charge in [0.2, 0.25) is 0 Å². The van der Waals surface area contributed by atoms with Crippen molar-refractivity contribution in [2.75, 3.05) is 11.9 Å². The summed E-state index contributed by atoms with van der Waals surface area (Å²) in [6.45, 7) is 2.28. The molecule has 0 radical (unpaired) electrons. The molecule has 1 aromatic heterocycles. The van der Waals surface area contributed by atoms with E-state index in [1.54, 1.807) is 24.3 Å². The fourth-order valence-electron chi connectivity index (χ4n) is 1.77. The van der Waals surface area contributed by atoms with Crippen LogP contribution in [0, 0.1) is 0 Å². The molecule has 7 nitrogen and oxygen atoms in total. The van der Waals surface area contributed by atoms with Gasteiger partial charge in [-0.25, -0.2) is 4.79 Å². The SMILES string of the molecule is CCOc1ccccc1NC(=O)c1c[nH]c(=O)n(C)c1=O. The third-order valence-electron chi connectivity index (χ3n) is 2.86. The van der Waals surface area contributed by atoms with Gasteiger partial charge in [-0.2, -0.15) is 0 Å². The van der Waals surface area contributed by atoms with Gasteiger partial charge in [0.15, 0.2) is 0 Å². The summed E-state index contributed by atoms with van der Waals surface area (Å²) in [6, 6.07) is 6.89. The number of aromatic amines is 1. The molecule has 0 fully saturated rings. The van der Waals surface area contributed by atoms with E-state index in [-0.39, 0.29) is 5.56 Å². The Hall–Kier alpha value is -2.83. The normalized spacial score (nSPS) is 10.2. The molecule has 0 saturated carbocycles. The van der Waals surface area contributed by atoms with Crippen LogP contribution in [0.15, 0.2) is 40.1 Å². The van der Waals surface area contributed by atoms with Crippen molar-refractivity contribution >= 4 is 11.6 Å². The van der Waals surface area contributed by atoms with Gasteiger partial charge in [-0.05, 0) is 19.1 Å². The molecule has 0 aliphatic rings. The first-order chi connectivity index (χ1) is 10.0. The summed E-state index contributed by atoms with van der Waals surface area (Å²) < 4.78 is 6.23. The predicted molar refractivity (Wildman–Crippen MR) is 77.9 cm³/mol. The number of benzene rings is 1. The van der Waals surface area contributed by atoms with Crippen LogP contribution in [-0.2, 0) is 7.05 Å². The van der Waals surface area contributed by atoms with Crippen molar-refractivity contribution < 1.29 is 9.53 Å². The second kappa shape index (κ2) is 6.08. The summed E-state index contributed by atoms with van der Waals surface area (Å²) in [4.78, 5) is 37.6. The highest BCUT2D eigenvalue weighted by Gasteiger charge is 2.14. The molecule has 0 spiro atoms. The number of nitrogens with one attached hydrogen (secondary N) is 2. The molecule has 110 valence electrons. The number of hydrogen-bond acceptors (Lipinski definition) is 4. The molecule has 7 heteroatoms. The van der Waals surface area contributed by atoms with Gasteiger partial charge in [-0.3, -0.25) is 14.2 Å². The Morgan fingerprint density at radius 2 is 2.05 bits per heavy atom. The summed E-state index contributed by atoms with van der Waals surface area (Å²) in [5.41, 5.74) is -0.933. The molecule has 0 aliphatic heterocycles. The van der Waals surface area contributed by atoms with E-state index >= 15 is 0 Å². The molecule has 0 atom stereocenters. The lowest BCUT2D eigenvalue weighted by molar-refractivity contribution is 0.102. The highest BCUT2D eigenvalue weighted by Crippen LogP contribution is 2.23. The van der Waals surface area contributed by atoms with E-state index in [9.17, 15) is 14.4 Å². The molecule has 2 N–H and O–H groups in total. The Bertz CT molecular complexity index is 776. The molecule has 0 aliphatic carbocycles. The lowest BCUT2D eigenvalue weighted by Gasteiger charge is -2.11. The van der Waals surface area contributed by atoms with E-state index < -0.39 is 17.2 Å². The van der Waals surface area contributed by atoms with Crippen molar-refractivity contribution in [3.8, 4) is 5.75 Å². The zero-order valence-corrected chi connectivity index (χ0v) is 11.7. The van der Waals surface area contributed by atoms with Gasteiger partial charge in [0.05, 0.1) is 12.3 Å². The predicted octanol–water partition coefficient (Wildman–Crippen LogP) is 0.725. The number of rotatable bonds is 4. The van der Waals surface area contributed by atoms with Gasteiger partial charge in [-0.1, -0.05) is 12.1 Å². The topological polar surface area (TPSA) is 93.2 Å². The fraction of sp³-hybridized carbons (Fsp3) is 0.214. The van der Waals surface area contributed by atoms with Crippen LogP contribution >= 0.6 is 0 Å². The first-order valence-electron chi connectivity index (χ1n) is 6.36. The summed E-state index contributed by atoms with van der Waals surface area (Å²) in [7, 11) is 1.30. The van der Waals surface area contributed by atoms with Crippen LogP contribution < -0.4 is 21.3 Å². The maximum Gasteiger partial charge on any atom is 0.328 e. The fourth-order valence-corrected chi connectivity index (χ4v) is 1.77. The zero-order valence-electron chi connectivity index (χ0n) is 11.7. The van der Waals surface area contributed by atoms with Crippen LogP contribution in [0.3, 0.4) is 0 Å². The van der Waals surface area contributed by atoms with Crippen LogP contribution in [0.4, 0.5) is 5.69 Å². The Kier molecular flexibility index (Phi) is 4.22. The van der Waals surface area contributed by atoms with Crippen molar-refractivity contribution in [3.63, 3.8) is 0 Å². The third kappa shape index (κ3) is 3.02. The number of para-hydroxylation sites is 2. The van der Waals surface area contributed by atoms with Crippen molar-refractivity contribution in [1.29, 1.82) is 0 Å². The number of carbonyl (C=O) groups excluding carboxylic acids is 1. The average molecular weight is 289 g/mol. The van der Waals surface area contributed by atoms with Gasteiger partial charge < -0.3 is 15.0 Å². The zero-order chi connectivity index (χ0) is 15.4. The van der Waals surface area contributed by atoms with Crippen LogP contribution in [0.25, 0.3) is 0 Å². The number of carbonyl (C=O) groups is 1. The van der Waals surface area contributed by atoms with Crippen LogP contribution in [-0.4, -0.2) is 22.1 Å². The summed E-state index contributed by atoms with van der Waals surface area (Å²) in [5, 5.41) is 2.60. The van der Waals surface area contributed by atoms with Gasteiger partial charge in [0, 0.05) is 13.2 Å². The standard InChI is InChI=1S/C14H15N3O4/c1-3-21-11-7-5-4-6-10(11)16-12(18)9-8-15-14(20)17(2)13(9)19/h4-8H,3H2,1-2H3,(H,15,20)(H,16,18). The van der Waals surface area contributed by atoms with E-state index in [0.717, 1.165) is 10.8 Å². The van der Waals surface area contributed by atoms with Crippen LogP contribution in [0.1, 0.15) is 17.3 Å². The van der Waals surface area contributed by atoms with E-state index in [0.29, 0.717) is 18.0 Å². The summed E-state index contributed by atoms with van der Waals surface area (Å²) in [6.07, 6.45) is 1.10. The van der Waals surface area contributed by atoms with Gasteiger partial charge in [-0.15, -0.1) is 0 Å². The smallest absolute Gasteiger partial charge is 0.328 e. The van der Waals surface area contributed by atoms with Crippen LogP contribution in [0.5, 0.6) is 5.75 Å². The third-order valence-corrected chi connectivity index (χ3v) is 2.86. The molecule has 1 amide bonds. The molecule has 2 aromatic rings. The molecular weight excluding hydrogens is 274 g/mol. The minimum atomic E-state index is -0.662. The van der Waals surface area contributed by atoms with Crippen molar-refractivity contribution in [1.82, 2.24) is 9.55 Å². The number of nitrogens with zero attached hydrogens (tertiary/aromatic N) is 1. The lowest BCUT2D eigenvalue weighted by Crippen LogP contribution is -2.37. The molecule has 0 saturated heterocycles. The first-order valence-corrected chi connectivity index (χ1v) is 6.36. The van der Waals surface area contributed by atoms with E-state index in [2.05, 4.69) is 10.3 Å². The summed E-state index contributed by atoms with van der Waals surface area (Å²) in [5.74, 6) is -0.103. The van der Waals surface area contributed by atoms with E-state index in [1.807, 2.05) is 6.92 Å². The van der Waals surface area contributed by atoms with E-state index in [4.69, 9.17) is 4.74 Å². The highest BCUT2D eigenvalue weighted by molar-refractivity contribution is 6.04. The molecule has 21 heavy (non-hydrogen) atoms. The van der Waals surface area contributed by atoms with Crippen LogP contribution in [0.2, 0.25) is 0 Å². The molecule has 0 unspecified atom stereocenters. The van der Waals surface area contributed by atoms with Crippen molar-refractivity contribution in [3.05, 3.63) is 56.9 Å². The minimum absolute atomic E-state index is 0.150. The molecule has 1 heterocycles. The number of aromatic nitrogens is 2. The van der Waals surface area contributed by atoms with Crippen molar-refractivity contribution in [2.45, 2.75) is 6.92 Å². The quantitative estimate of drug-likeness (QED) is 0.867. The number of hydrogen-bond donors (Lipinski definition) is 2. The Morgan fingerprint density at radius 1 is 1.33 bits per heavy atom. The lowest BCUT2D eigenvalue weighted by atomic mass is 10.2. The van der Waals surface area contributed by atoms with Gasteiger partial charge in [0.25, 0.3) is 11.5 Å². The largest absolute Gasteiger partial charge is 0.492 e. The highest BCUT2D eigenvalue weighted by atomic mass is 16.5. The number of ether oxygens (including phenoxy) is 1. The maximum absolute atomic E-state index is 12.2. The summed E-state index contributed by atoms with van der Waals surface area (Å²) >= 11 is 0. The monoisotopic (exact) mass is 289 g/mol. The van der Waals surface area contributed by atoms with E-state index in [1.165, 1.54) is 7.05 Å². The second-order valence-corrected chi connectivity index (χ2v) is 4.25. The van der Waals surface area contributed by atoms with Gasteiger partial charge >= 0.3 is 5.69 Å². The molecule has 0 bridgehead atoms. The average Bonchev–Trinajstić information content (AvgIpc) is 2.47. The minimum Gasteiger partial charge on any atom is -0.492 e. The second-order valence-electron chi connectivity index (χ2n) is 4.25. The molecular formula is C14H15N3O4. The van der Waals surface area contributed by atoms with Crippen molar-refractivity contribution in [2.24, 2.45) is 7.05 Å². The number of anilines is 1. The first kappa shape index (κ1) is 14.6. The van der Waals surface area contributed by atoms with Gasteiger partial charge in [0.1, 0.15) is 11.3 Å². The number of H-pyrrole nitrogens is 1. The number of amides is 1. The molecule has 2 rings (SSSR count). The molecule has 1 aromatic carbocycles. The maximum atomic E-state index is 12.2.